The number of anilines is 1. The van der Waals surface area contributed by atoms with E-state index >= 15 is 0 Å². The van der Waals surface area contributed by atoms with Gasteiger partial charge >= 0.3 is 0 Å². The number of carbonyl (C=O) groups is 1. The molecule has 7 heteroatoms. The van der Waals surface area contributed by atoms with Gasteiger partial charge in [-0.3, -0.25) is 14.9 Å². The Kier molecular flexibility index (Phi) is 4.21. The van der Waals surface area contributed by atoms with Gasteiger partial charge in [0.25, 0.3) is 5.69 Å². The Morgan fingerprint density at radius 2 is 2.21 bits per heavy atom. The molecule has 0 saturated heterocycles. The Morgan fingerprint density at radius 1 is 1.47 bits per heavy atom. The second-order valence-corrected chi connectivity index (χ2v) is 4.85. The largest absolute Gasteiger partial charge is 0.383 e. The molecule has 1 aromatic carbocycles. The van der Waals surface area contributed by atoms with E-state index in [9.17, 15) is 14.9 Å². The minimum Gasteiger partial charge on any atom is -0.383 e. The van der Waals surface area contributed by atoms with Crippen molar-refractivity contribution in [1.29, 1.82) is 0 Å². The van der Waals surface area contributed by atoms with E-state index in [-0.39, 0.29) is 16.6 Å². The van der Waals surface area contributed by atoms with E-state index in [0.29, 0.717) is 24.7 Å². The second-order valence-electron chi connectivity index (χ2n) is 4.44. The standard InChI is InChI=1S/C12H14ClN3O3/c13-10-7-9(16(18)19)3-4-11(10)14-6-5-12(17)15-8-1-2-8/h3-4,7-8,14H,1-2,5-6H2,(H,15,17). The van der Waals surface area contributed by atoms with Crippen molar-refractivity contribution in [2.24, 2.45) is 0 Å². The van der Waals surface area contributed by atoms with Crippen molar-refractivity contribution in [2.75, 3.05) is 11.9 Å². The topological polar surface area (TPSA) is 84.3 Å². The molecule has 0 bridgehead atoms. The van der Waals surface area contributed by atoms with Crippen LogP contribution >= 0.6 is 11.6 Å². The van der Waals surface area contributed by atoms with E-state index in [0.717, 1.165) is 12.8 Å². The number of nitrogens with zero attached hydrogens (tertiary/aromatic N) is 1. The number of non-ortho nitro benzene ring substituents is 1. The second kappa shape index (κ2) is 5.88. The van der Waals surface area contributed by atoms with Crippen molar-refractivity contribution in [3.05, 3.63) is 33.3 Å². The lowest BCUT2D eigenvalue weighted by Crippen LogP contribution is -2.27. The number of hydrogen-bond donors (Lipinski definition) is 2. The number of carbonyl (C=O) groups excluding carboxylic acids is 1. The molecule has 1 amide bonds. The van der Waals surface area contributed by atoms with Gasteiger partial charge in [-0.05, 0) is 18.9 Å². The predicted molar refractivity (Wildman–Crippen MR) is 72.4 cm³/mol. The summed E-state index contributed by atoms with van der Waals surface area (Å²) in [6, 6.07) is 4.56. The van der Waals surface area contributed by atoms with Crippen molar-refractivity contribution in [1.82, 2.24) is 5.32 Å². The van der Waals surface area contributed by atoms with E-state index < -0.39 is 4.92 Å². The lowest BCUT2D eigenvalue weighted by molar-refractivity contribution is -0.384. The van der Waals surface area contributed by atoms with Crippen LogP contribution < -0.4 is 10.6 Å². The van der Waals surface area contributed by atoms with Crippen LogP contribution in [0.25, 0.3) is 0 Å². The van der Waals surface area contributed by atoms with Crippen LogP contribution in [0, 0.1) is 10.1 Å². The Hall–Kier alpha value is -1.82. The predicted octanol–water partition coefficient (Wildman–Crippen LogP) is 2.33. The molecule has 0 aromatic heterocycles. The summed E-state index contributed by atoms with van der Waals surface area (Å²) in [6.07, 6.45) is 2.48. The first-order valence-electron chi connectivity index (χ1n) is 6.03. The highest BCUT2D eigenvalue weighted by molar-refractivity contribution is 6.33. The maximum absolute atomic E-state index is 11.4. The monoisotopic (exact) mass is 283 g/mol. The highest BCUT2D eigenvalue weighted by Crippen LogP contribution is 2.26. The summed E-state index contributed by atoms with van der Waals surface area (Å²) in [5, 5.41) is 16.7. The van der Waals surface area contributed by atoms with E-state index in [4.69, 9.17) is 11.6 Å². The third-order valence-corrected chi connectivity index (χ3v) is 3.09. The van der Waals surface area contributed by atoms with E-state index in [1.165, 1.54) is 12.1 Å². The van der Waals surface area contributed by atoms with Gasteiger partial charge < -0.3 is 10.6 Å². The molecule has 0 radical (unpaired) electrons. The van der Waals surface area contributed by atoms with Gasteiger partial charge in [0.05, 0.1) is 15.6 Å². The average Bonchev–Trinajstić information content (AvgIpc) is 3.14. The maximum atomic E-state index is 11.4. The molecular weight excluding hydrogens is 270 g/mol. The molecule has 2 rings (SSSR count). The molecule has 0 atom stereocenters. The normalized spacial score (nSPS) is 13.9. The summed E-state index contributed by atoms with van der Waals surface area (Å²) < 4.78 is 0. The quantitative estimate of drug-likeness (QED) is 0.620. The Bertz CT molecular complexity index is 503. The van der Waals surface area contributed by atoms with E-state index in [1.54, 1.807) is 6.07 Å². The van der Waals surface area contributed by atoms with Crippen LogP contribution in [0.4, 0.5) is 11.4 Å². The van der Waals surface area contributed by atoms with Gasteiger partial charge in [0.15, 0.2) is 0 Å². The first kappa shape index (κ1) is 13.6. The molecule has 1 aliphatic carbocycles. The summed E-state index contributed by atoms with van der Waals surface area (Å²) in [5.74, 6) is 0.00744. The molecule has 19 heavy (non-hydrogen) atoms. The van der Waals surface area contributed by atoms with Crippen molar-refractivity contribution >= 4 is 28.9 Å². The van der Waals surface area contributed by atoms with Crippen molar-refractivity contribution in [2.45, 2.75) is 25.3 Å². The number of amides is 1. The number of rotatable bonds is 6. The van der Waals surface area contributed by atoms with Gasteiger partial charge in [-0.15, -0.1) is 0 Å². The van der Waals surface area contributed by atoms with Crippen molar-refractivity contribution < 1.29 is 9.72 Å². The first-order valence-corrected chi connectivity index (χ1v) is 6.41. The zero-order valence-electron chi connectivity index (χ0n) is 10.2. The number of benzene rings is 1. The van der Waals surface area contributed by atoms with Gasteiger partial charge in [-0.2, -0.15) is 0 Å². The van der Waals surface area contributed by atoms with Gasteiger partial charge in [-0.25, -0.2) is 0 Å². The Morgan fingerprint density at radius 3 is 2.79 bits per heavy atom. The minimum atomic E-state index is -0.501. The molecule has 0 spiro atoms. The molecule has 0 aliphatic heterocycles. The lowest BCUT2D eigenvalue weighted by atomic mass is 10.2. The summed E-state index contributed by atoms with van der Waals surface area (Å²) in [4.78, 5) is 21.5. The van der Waals surface area contributed by atoms with Crippen LogP contribution in [-0.2, 0) is 4.79 Å². The highest BCUT2D eigenvalue weighted by atomic mass is 35.5. The van der Waals surface area contributed by atoms with E-state index in [1.807, 2.05) is 0 Å². The zero-order chi connectivity index (χ0) is 13.8. The number of nitrogens with one attached hydrogen (secondary N) is 2. The summed E-state index contributed by atoms with van der Waals surface area (Å²) in [5.41, 5.74) is 0.536. The van der Waals surface area contributed by atoms with Crippen molar-refractivity contribution in [3.63, 3.8) is 0 Å². The molecule has 0 heterocycles. The molecule has 6 nitrogen and oxygen atoms in total. The van der Waals surface area contributed by atoms with Crippen molar-refractivity contribution in [3.8, 4) is 0 Å². The van der Waals surface area contributed by atoms with Gasteiger partial charge in [0, 0.05) is 31.1 Å². The third-order valence-electron chi connectivity index (χ3n) is 2.77. The molecule has 1 aromatic rings. The van der Waals surface area contributed by atoms with Crippen LogP contribution in [0.5, 0.6) is 0 Å². The molecule has 102 valence electrons. The fraction of sp³-hybridized carbons (Fsp3) is 0.417. The van der Waals surface area contributed by atoms with Gasteiger partial charge in [0.2, 0.25) is 5.91 Å². The third kappa shape index (κ3) is 4.10. The van der Waals surface area contributed by atoms with Crippen LogP contribution in [0.2, 0.25) is 5.02 Å². The van der Waals surface area contributed by atoms with Gasteiger partial charge in [-0.1, -0.05) is 11.6 Å². The molecule has 1 fully saturated rings. The zero-order valence-corrected chi connectivity index (χ0v) is 10.9. The number of nitro groups is 1. The molecule has 1 aliphatic rings. The van der Waals surface area contributed by atoms with E-state index in [2.05, 4.69) is 10.6 Å². The van der Waals surface area contributed by atoms with Crippen LogP contribution in [0.1, 0.15) is 19.3 Å². The molecule has 2 N–H and O–H groups in total. The molecule has 0 unspecified atom stereocenters. The minimum absolute atomic E-state index is 0.00744. The highest BCUT2D eigenvalue weighted by Gasteiger charge is 2.22. The van der Waals surface area contributed by atoms with Crippen LogP contribution in [-0.4, -0.2) is 23.4 Å². The Labute approximate surface area is 115 Å². The number of halogens is 1. The smallest absolute Gasteiger partial charge is 0.271 e. The summed E-state index contributed by atoms with van der Waals surface area (Å²) >= 11 is 5.92. The number of hydrogen-bond acceptors (Lipinski definition) is 4. The lowest BCUT2D eigenvalue weighted by Gasteiger charge is -2.08. The van der Waals surface area contributed by atoms with Gasteiger partial charge in [0.1, 0.15) is 0 Å². The fourth-order valence-corrected chi connectivity index (χ4v) is 1.84. The first-order chi connectivity index (χ1) is 9.06. The van der Waals surface area contributed by atoms with Crippen LogP contribution in [0.3, 0.4) is 0 Å². The SMILES string of the molecule is O=C(CCNc1ccc([N+](=O)[O-])cc1Cl)NC1CC1. The van der Waals surface area contributed by atoms with Crippen LogP contribution in [0.15, 0.2) is 18.2 Å². The summed E-state index contributed by atoms with van der Waals surface area (Å²) in [7, 11) is 0. The molecular formula is C12H14ClN3O3. The summed E-state index contributed by atoms with van der Waals surface area (Å²) in [6.45, 7) is 0.441. The fourth-order valence-electron chi connectivity index (χ4n) is 1.60. The Balaban J connectivity index is 1.81. The maximum Gasteiger partial charge on any atom is 0.271 e. The molecule has 1 saturated carbocycles. The average molecular weight is 284 g/mol. The number of nitro benzene ring substituents is 1.